The van der Waals surface area contributed by atoms with E-state index >= 15 is 0 Å². The van der Waals surface area contributed by atoms with Crippen LogP contribution in [-0.2, 0) is 10.3 Å². The maximum atomic E-state index is 13.1. The number of rotatable bonds is 5. The molecule has 3 aromatic rings. The van der Waals surface area contributed by atoms with E-state index in [4.69, 9.17) is 0 Å². The summed E-state index contributed by atoms with van der Waals surface area (Å²) in [5.41, 5.74) is 3.91. The molecule has 0 unspecified atom stereocenters. The van der Waals surface area contributed by atoms with Gasteiger partial charge >= 0.3 is 0 Å². The number of hydrogen-bond acceptors (Lipinski definition) is 3. The number of piperidine rings is 1. The van der Waals surface area contributed by atoms with Crippen LogP contribution >= 0.6 is 0 Å². The van der Waals surface area contributed by atoms with Crippen LogP contribution in [-0.4, -0.2) is 42.8 Å². The molecule has 1 aliphatic rings. The fourth-order valence-electron chi connectivity index (χ4n) is 4.57. The molecule has 3 aromatic carbocycles. The molecule has 0 aromatic heterocycles. The lowest BCUT2D eigenvalue weighted by Crippen LogP contribution is -2.53. The van der Waals surface area contributed by atoms with Gasteiger partial charge in [0.25, 0.3) is 0 Å². The molecule has 0 N–H and O–H groups in total. The van der Waals surface area contributed by atoms with E-state index in [1.807, 2.05) is 43.4 Å². The van der Waals surface area contributed by atoms with Gasteiger partial charge in [-0.15, -0.1) is 0 Å². The fraction of sp³-hybridized carbons (Fsp3) is 0.222. The van der Waals surface area contributed by atoms with E-state index in [9.17, 15) is 4.79 Å². The summed E-state index contributed by atoms with van der Waals surface area (Å²) in [5.74, 6) is 0.196. The summed E-state index contributed by atoms with van der Waals surface area (Å²) in [5, 5.41) is 0. The Morgan fingerprint density at radius 1 is 0.767 bits per heavy atom. The molecule has 0 aliphatic carbocycles. The maximum absolute atomic E-state index is 13.1. The molecule has 0 saturated carbocycles. The third kappa shape index (κ3) is 3.69. The summed E-state index contributed by atoms with van der Waals surface area (Å²) in [6.07, 6.45) is 2.71. The molecule has 0 spiro atoms. The van der Waals surface area contributed by atoms with Gasteiger partial charge < -0.3 is 4.90 Å². The van der Waals surface area contributed by atoms with Crippen molar-refractivity contribution in [2.24, 2.45) is 0 Å². The quantitative estimate of drug-likeness (QED) is 0.461. The van der Waals surface area contributed by atoms with E-state index in [0.717, 1.165) is 18.5 Å². The van der Waals surface area contributed by atoms with Crippen LogP contribution in [0.5, 0.6) is 0 Å². The molecule has 0 amide bonds. The topological polar surface area (TPSA) is 23.6 Å². The lowest BCUT2D eigenvalue weighted by Gasteiger charge is -2.47. The molecule has 3 nitrogen and oxygen atoms in total. The summed E-state index contributed by atoms with van der Waals surface area (Å²) >= 11 is 0. The van der Waals surface area contributed by atoms with Crippen LogP contribution in [0.25, 0.3) is 0 Å². The predicted octanol–water partition coefficient (Wildman–Crippen LogP) is 4.70. The Bertz CT molecular complexity index is 914. The Morgan fingerprint density at radius 3 is 1.57 bits per heavy atom. The summed E-state index contributed by atoms with van der Waals surface area (Å²) in [4.78, 5) is 17.5. The SMILES string of the molecule is CN(C)/C=C1/CCN(C(c2ccccc2)(c2ccccc2)c2ccccc2)CC1=O. The highest BCUT2D eigenvalue weighted by atomic mass is 16.1. The Balaban J connectivity index is 1.92. The molecule has 1 fully saturated rings. The van der Waals surface area contributed by atoms with Gasteiger partial charge in [0, 0.05) is 32.4 Å². The van der Waals surface area contributed by atoms with E-state index in [0.29, 0.717) is 6.54 Å². The average Bonchev–Trinajstić information content (AvgIpc) is 2.78. The average molecular weight is 397 g/mol. The second-order valence-corrected chi connectivity index (χ2v) is 8.02. The molecule has 1 saturated heterocycles. The number of nitrogens with zero attached hydrogens (tertiary/aromatic N) is 2. The molecule has 0 atom stereocenters. The van der Waals surface area contributed by atoms with Crippen LogP contribution in [0.3, 0.4) is 0 Å². The first-order valence-electron chi connectivity index (χ1n) is 10.4. The lowest BCUT2D eigenvalue weighted by atomic mass is 9.74. The molecule has 30 heavy (non-hydrogen) atoms. The predicted molar refractivity (Wildman–Crippen MR) is 122 cm³/mol. The van der Waals surface area contributed by atoms with E-state index in [-0.39, 0.29) is 5.78 Å². The largest absolute Gasteiger partial charge is 0.383 e. The zero-order valence-electron chi connectivity index (χ0n) is 17.7. The Labute approximate surface area is 179 Å². The van der Waals surface area contributed by atoms with E-state index in [1.54, 1.807) is 0 Å². The molecule has 4 rings (SSSR count). The highest BCUT2D eigenvalue weighted by molar-refractivity contribution is 5.97. The monoisotopic (exact) mass is 396 g/mol. The van der Waals surface area contributed by atoms with Crippen molar-refractivity contribution in [1.82, 2.24) is 9.80 Å². The molecular formula is C27H28N2O. The lowest BCUT2D eigenvalue weighted by molar-refractivity contribution is -0.119. The summed E-state index contributed by atoms with van der Waals surface area (Å²) < 4.78 is 0. The zero-order valence-corrected chi connectivity index (χ0v) is 17.7. The van der Waals surface area contributed by atoms with E-state index in [2.05, 4.69) is 77.7 Å². The zero-order chi connectivity index (χ0) is 21.0. The number of carbonyl (C=O) groups is 1. The number of carbonyl (C=O) groups excluding carboxylic acids is 1. The molecule has 0 bridgehead atoms. The molecular weight excluding hydrogens is 368 g/mol. The fourth-order valence-corrected chi connectivity index (χ4v) is 4.57. The molecule has 0 radical (unpaired) electrons. The van der Waals surface area contributed by atoms with Gasteiger partial charge in [-0.3, -0.25) is 9.69 Å². The minimum absolute atomic E-state index is 0.196. The van der Waals surface area contributed by atoms with Crippen molar-refractivity contribution in [2.75, 3.05) is 27.2 Å². The van der Waals surface area contributed by atoms with Gasteiger partial charge in [-0.05, 0) is 23.1 Å². The van der Waals surface area contributed by atoms with Crippen LogP contribution in [0.2, 0.25) is 0 Å². The van der Waals surface area contributed by atoms with Gasteiger partial charge in [-0.25, -0.2) is 0 Å². The van der Waals surface area contributed by atoms with Crippen molar-refractivity contribution in [3.63, 3.8) is 0 Å². The third-order valence-corrected chi connectivity index (χ3v) is 5.81. The number of ketones is 1. The smallest absolute Gasteiger partial charge is 0.174 e. The highest BCUT2D eigenvalue weighted by Crippen LogP contribution is 2.43. The molecule has 152 valence electrons. The number of Topliss-reactive ketones (excluding diaryl/α,β-unsaturated/α-hetero) is 1. The van der Waals surface area contributed by atoms with Crippen molar-refractivity contribution >= 4 is 5.78 Å². The van der Waals surface area contributed by atoms with Crippen LogP contribution in [0, 0.1) is 0 Å². The Kier molecular flexibility index (Phi) is 5.82. The first-order chi connectivity index (χ1) is 14.6. The molecule has 3 heteroatoms. The Morgan fingerprint density at radius 2 is 1.20 bits per heavy atom. The molecule has 1 heterocycles. The number of hydrogen-bond donors (Lipinski definition) is 0. The normalized spacial score (nSPS) is 16.6. The summed E-state index contributed by atoms with van der Waals surface area (Å²) in [6, 6.07) is 31.7. The standard InChI is InChI=1S/C27H28N2O/c1-28(2)20-22-18-19-29(21-26(22)30)27(23-12-6-3-7-13-23,24-14-8-4-9-15-24)25-16-10-5-11-17-25/h3-17,20H,18-19,21H2,1-2H3/b22-20-. The van der Waals surface area contributed by atoms with Crippen LogP contribution in [0.1, 0.15) is 23.1 Å². The van der Waals surface area contributed by atoms with E-state index < -0.39 is 5.54 Å². The van der Waals surface area contributed by atoms with Crippen molar-refractivity contribution in [3.8, 4) is 0 Å². The highest BCUT2D eigenvalue weighted by Gasteiger charge is 2.44. The van der Waals surface area contributed by atoms with E-state index in [1.165, 1.54) is 16.7 Å². The minimum Gasteiger partial charge on any atom is -0.383 e. The van der Waals surface area contributed by atoms with Crippen molar-refractivity contribution in [2.45, 2.75) is 12.0 Å². The van der Waals surface area contributed by atoms with Gasteiger partial charge in [0.1, 0.15) is 0 Å². The van der Waals surface area contributed by atoms with Gasteiger partial charge in [-0.1, -0.05) is 91.0 Å². The second kappa shape index (κ2) is 8.68. The van der Waals surface area contributed by atoms with Crippen LogP contribution in [0.15, 0.2) is 103 Å². The van der Waals surface area contributed by atoms with Crippen LogP contribution < -0.4 is 0 Å². The van der Waals surface area contributed by atoms with Gasteiger partial charge in [0.15, 0.2) is 5.78 Å². The number of likely N-dealkylation sites (tertiary alicyclic amines) is 1. The first-order valence-corrected chi connectivity index (χ1v) is 10.4. The van der Waals surface area contributed by atoms with Gasteiger partial charge in [0.2, 0.25) is 0 Å². The minimum atomic E-state index is -0.525. The van der Waals surface area contributed by atoms with Crippen molar-refractivity contribution in [1.29, 1.82) is 0 Å². The maximum Gasteiger partial charge on any atom is 0.174 e. The van der Waals surface area contributed by atoms with Gasteiger partial charge in [0.05, 0.1) is 12.1 Å². The van der Waals surface area contributed by atoms with Gasteiger partial charge in [-0.2, -0.15) is 0 Å². The third-order valence-electron chi connectivity index (χ3n) is 5.81. The summed E-state index contributed by atoms with van der Waals surface area (Å²) in [7, 11) is 3.93. The second-order valence-electron chi connectivity index (χ2n) is 8.02. The van der Waals surface area contributed by atoms with Crippen molar-refractivity contribution < 1.29 is 4.79 Å². The Hall–Kier alpha value is -3.17. The number of benzene rings is 3. The van der Waals surface area contributed by atoms with Crippen molar-refractivity contribution in [3.05, 3.63) is 119 Å². The molecule has 1 aliphatic heterocycles. The summed E-state index contributed by atoms with van der Waals surface area (Å²) in [6.45, 7) is 1.20. The first kappa shape index (κ1) is 20.1. The van der Waals surface area contributed by atoms with Crippen LogP contribution in [0.4, 0.5) is 0 Å².